The summed E-state index contributed by atoms with van der Waals surface area (Å²) in [6.07, 6.45) is 0.389. The van der Waals surface area contributed by atoms with Crippen LogP contribution in [0.4, 0.5) is 0 Å². The van der Waals surface area contributed by atoms with Crippen LogP contribution >= 0.6 is 0 Å². The molecule has 4 heteroatoms. The molecule has 0 N–H and O–H groups in total. The minimum absolute atomic E-state index is 0. The number of carbonyl (C=O) groups excluding carboxylic acids is 2. The molecule has 2 nitrogen and oxygen atoms in total. The molecular formula is C2H2CoO2Ru. The first-order chi connectivity index (χ1) is 1.91. The zero-order chi connectivity index (χ0) is 3.41. The van der Waals surface area contributed by atoms with Crippen LogP contribution in [0.15, 0.2) is 0 Å². The minimum Gasteiger partial charge on any atom is -0.295 e. The van der Waals surface area contributed by atoms with E-state index in [4.69, 9.17) is 9.59 Å². The molecule has 0 saturated carbocycles. The third-order valence-electron chi connectivity index (χ3n) is 0.0556. The summed E-state index contributed by atoms with van der Waals surface area (Å²) in [6.45, 7) is 0. The largest absolute Gasteiger partial charge is 0.295 e. The Bertz CT molecular complexity index is 32.5. The van der Waals surface area contributed by atoms with Crippen molar-refractivity contribution in [2.24, 2.45) is 0 Å². The summed E-state index contributed by atoms with van der Waals surface area (Å²) in [7, 11) is 0. The smallest absolute Gasteiger partial charge is 0.182 e. The first kappa shape index (κ1) is 16.1. The first-order valence-corrected chi connectivity index (χ1v) is 0.805. The zero-order valence-corrected chi connectivity index (χ0v) is 5.44. The molecule has 39 valence electrons. The summed E-state index contributed by atoms with van der Waals surface area (Å²) in [4.78, 5) is 17.6. The van der Waals surface area contributed by atoms with E-state index in [2.05, 4.69) is 0 Å². The summed E-state index contributed by atoms with van der Waals surface area (Å²) in [6, 6.07) is 0. The fourth-order valence-corrected chi connectivity index (χ4v) is 0. The molecule has 0 aromatic rings. The zero-order valence-electron chi connectivity index (χ0n) is 2.66. The predicted octanol–water partition coefficient (Wildman–Crippen LogP) is -0.621. The average molecular weight is 218 g/mol. The van der Waals surface area contributed by atoms with Crippen molar-refractivity contribution in [3.63, 3.8) is 0 Å². The number of hydrogen-bond donors (Lipinski definition) is 0. The Labute approximate surface area is 58.6 Å². The van der Waals surface area contributed by atoms with Crippen molar-refractivity contribution in [3.8, 4) is 0 Å². The van der Waals surface area contributed by atoms with Crippen LogP contribution in [0.3, 0.4) is 0 Å². The van der Waals surface area contributed by atoms with Crippen LogP contribution in [0.5, 0.6) is 0 Å². The van der Waals surface area contributed by atoms with Crippen molar-refractivity contribution in [1.29, 1.82) is 0 Å². The fourth-order valence-electron chi connectivity index (χ4n) is 0. The quantitative estimate of drug-likeness (QED) is 0.334. The van der Waals surface area contributed by atoms with Gasteiger partial charge in [-0.15, -0.1) is 0 Å². The first-order valence-electron chi connectivity index (χ1n) is 0.805. The van der Waals surface area contributed by atoms with E-state index in [0.717, 1.165) is 0 Å². The van der Waals surface area contributed by atoms with Gasteiger partial charge < -0.3 is 0 Å². The predicted molar refractivity (Wildman–Crippen MR) is 12.1 cm³/mol. The van der Waals surface area contributed by atoms with Crippen LogP contribution in [-0.4, -0.2) is 12.6 Å². The molecule has 0 fully saturated rings. The van der Waals surface area contributed by atoms with Gasteiger partial charge in [-0.3, -0.25) is 9.59 Å². The second-order valence-corrected chi connectivity index (χ2v) is 0.272. The second kappa shape index (κ2) is 17.9. The van der Waals surface area contributed by atoms with E-state index >= 15 is 0 Å². The summed E-state index contributed by atoms with van der Waals surface area (Å²) >= 11 is 0. The maximum atomic E-state index is 8.81. The molecule has 0 bridgehead atoms. The Morgan fingerprint density at radius 2 is 1.17 bits per heavy atom. The number of hydrogen-bond acceptors (Lipinski definition) is 2. The van der Waals surface area contributed by atoms with Crippen molar-refractivity contribution in [2.45, 2.75) is 0 Å². The Morgan fingerprint density at radius 3 is 1.17 bits per heavy atom. The third kappa shape index (κ3) is 24.9. The van der Waals surface area contributed by atoms with E-state index in [-0.39, 0.29) is 48.8 Å². The number of aldehydes is 2. The van der Waals surface area contributed by atoms with Gasteiger partial charge >= 0.3 is 0 Å². The fraction of sp³-hybridized carbons (Fsp3) is 0. The molecule has 1 radical (unpaired) electrons. The van der Waals surface area contributed by atoms with Crippen molar-refractivity contribution < 1.29 is 45.8 Å². The second-order valence-electron chi connectivity index (χ2n) is 0.272. The van der Waals surface area contributed by atoms with Crippen LogP contribution in [0.2, 0.25) is 0 Å². The Kier molecular flexibility index (Phi) is 48.0. The monoisotopic (exact) mass is 219 g/mol. The molecule has 0 amide bonds. The normalized spacial score (nSPS) is 3.33. The summed E-state index contributed by atoms with van der Waals surface area (Å²) in [5, 5.41) is 0. The molecule has 0 saturated heterocycles. The molecule has 0 aliphatic rings. The van der Waals surface area contributed by atoms with Crippen molar-refractivity contribution in [3.05, 3.63) is 0 Å². The van der Waals surface area contributed by atoms with E-state index in [1.807, 2.05) is 0 Å². The van der Waals surface area contributed by atoms with Gasteiger partial charge in [0.1, 0.15) is 0 Å². The number of carbonyl (C=O) groups is 2. The number of rotatable bonds is 1. The van der Waals surface area contributed by atoms with Crippen LogP contribution in [0, 0.1) is 0 Å². The standard InChI is InChI=1S/C2H2O2.Co.Ru/c3-1-2-4;;/h1-2H;;. The molecule has 0 spiro atoms. The summed E-state index contributed by atoms with van der Waals surface area (Å²) in [5.74, 6) is 0. The van der Waals surface area contributed by atoms with Gasteiger partial charge in [-0.05, 0) is 0 Å². The van der Waals surface area contributed by atoms with Crippen molar-refractivity contribution in [2.75, 3.05) is 0 Å². The molecule has 0 aromatic heterocycles. The van der Waals surface area contributed by atoms with E-state index in [1.165, 1.54) is 0 Å². The molecule has 0 rings (SSSR count). The molecule has 0 unspecified atom stereocenters. The molecule has 6 heavy (non-hydrogen) atoms. The van der Waals surface area contributed by atoms with E-state index in [9.17, 15) is 0 Å². The van der Waals surface area contributed by atoms with Gasteiger partial charge in [0, 0.05) is 36.3 Å². The average Bonchev–Trinajstić information content (AvgIpc) is 1.37. The van der Waals surface area contributed by atoms with Gasteiger partial charge in [-0.25, -0.2) is 0 Å². The molecule has 0 aliphatic carbocycles. The van der Waals surface area contributed by atoms with E-state index in [0.29, 0.717) is 0 Å². The van der Waals surface area contributed by atoms with Gasteiger partial charge in [-0.1, -0.05) is 0 Å². The van der Waals surface area contributed by atoms with E-state index < -0.39 is 0 Å². The van der Waals surface area contributed by atoms with Gasteiger partial charge in [0.2, 0.25) is 0 Å². The topological polar surface area (TPSA) is 34.1 Å². The SMILES string of the molecule is O=CC=O.[Co].[Ru]. The van der Waals surface area contributed by atoms with Crippen LogP contribution in [0.1, 0.15) is 0 Å². The minimum atomic E-state index is 0. The van der Waals surface area contributed by atoms with Crippen LogP contribution < -0.4 is 0 Å². The van der Waals surface area contributed by atoms with Crippen molar-refractivity contribution >= 4 is 12.6 Å². The summed E-state index contributed by atoms with van der Waals surface area (Å²) in [5.41, 5.74) is 0. The molecule has 0 aromatic carbocycles. The summed E-state index contributed by atoms with van der Waals surface area (Å²) < 4.78 is 0. The molecule has 0 heterocycles. The third-order valence-corrected chi connectivity index (χ3v) is 0.0556. The molecule has 0 atom stereocenters. The van der Waals surface area contributed by atoms with Crippen molar-refractivity contribution in [1.82, 2.24) is 0 Å². The van der Waals surface area contributed by atoms with Crippen LogP contribution in [-0.2, 0) is 45.8 Å². The molecule has 0 aliphatic heterocycles. The van der Waals surface area contributed by atoms with E-state index in [1.54, 1.807) is 0 Å². The maximum Gasteiger partial charge on any atom is 0.182 e. The van der Waals surface area contributed by atoms with Gasteiger partial charge in [-0.2, -0.15) is 0 Å². The van der Waals surface area contributed by atoms with Gasteiger partial charge in [0.25, 0.3) is 0 Å². The Balaban J connectivity index is -0.0000000450. The van der Waals surface area contributed by atoms with Crippen LogP contribution in [0.25, 0.3) is 0 Å². The maximum absolute atomic E-state index is 8.81. The van der Waals surface area contributed by atoms with Gasteiger partial charge in [0.15, 0.2) is 12.6 Å². The van der Waals surface area contributed by atoms with Gasteiger partial charge in [0.05, 0.1) is 0 Å². The Hall–Kier alpha value is 0.470. The Morgan fingerprint density at radius 1 is 1.00 bits per heavy atom. The molecular weight excluding hydrogens is 216 g/mol.